The maximum atomic E-state index is 4.04. The average Bonchev–Trinajstić information content (AvgIpc) is 2.88. The van der Waals surface area contributed by atoms with Crippen LogP contribution in [-0.2, 0) is 6.54 Å². The van der Waals surface area contributed by atoms with Gasteiger partial charge in [0.15, 0.2) is 0 Å². The zero-order valence-electron chi connectivity index (χ0n) is 9.63. The van der Waals surface area contributed by atoms with Crippen LogP contribution in [-0.4, -0.2) is 15.6 Å². The van der Waals surface area contributed by atoms with Gasteiger partial charge in [-0.25, -0.2) is 4.98 Å². The monoisotopic (exact) mass is 235 g/mol. The number of nitrogens with zero attached hydrogens (tertiary/aromatic N) is 2. The predicted molar refractivity (Wildman–Crippen MR) is 67.6 cm³/mol. The van der Waals surface area contributed by atoms with Crippen LogP contribution in [0, 0.1) is 0 Å². The highest BCUT2D eigenvalue weighted by molar-refractivity contribution is 7.10. The van der Waals surface area contributed by atoms with Gasteiger partial charge in [-0.2, -0.15) is 0 Å². The molecule has 86 valence electrons. The Balaban J connectivity index is 1.85. The van der Waals surface area contributed by atoms with Crippen molar-refractivity contribution in [3.05, 3.63) is 41.1 Å². The van der Waals surface area contributed by atoms with Crippen molar-refractivity contribution in [2.24, 2.45) is 0 Å². The first-order valence-corrected chi connectivity index (χ1v) is 6.39. The van der Waals surface area contributed by atoms with Crippen LogP contribution in [0.5, 0.6) is 0 Å². The van der Waals surface area contributed by atoms with E-state index in [4.69, 9.17) is 0 Å². The lowest BCUT2D eigenvalue weighted by molar-refractivity contribution is 0.433. The van der Waals surface area contributed by atoms with Crippen LogP contribution in [0.25, 0.3) is 0 Å². The number of rotatable bonds is 5. The number of thiophene rings is 1. The summed E-state index contributed by atoms with van der Waals surface area (Å²) >= 11 is 1.80. The molecule has 0 bridgehead atoms. The normalized spacial score (nSPS) is 14.9. The highest BCUT2D eigenvalue weighted by Gasteiger charge is 2.10. The Labute approximate surface area is 100 Å². The van der Waals surface area contributed by atoms with Gasteiger partial charge in [0.2, 0.25) is 0 Å². The van der Waals surface area contributed by atoms with Gasteiger partial charge in [-0.3, -0.25) is 0 Å². The molecule has 0 aliphatic heterocycles. The Bertz CT molecular complexity index is 394. The van der Waals surface area contributed by atoms with Gasteiger partial charge in [0, 0.05) is 35.9 Å². The lowest BCUT2D eigenvalue weighted by Gasteiger charge is -2.19. The van der Waals surface area contributed by atoms with E-state index in [1.165, 1.54) is 4.88 Å². The van der Waals surface area contributed by atoms with E-state index in [0.29, 0.717) is 12.1 Å². The smallest absolute Gasteiger partial charge is 0.0946 e. The van der Waals surface area contributed by atoms with Crippen molar-refractivity contribution in [2.45, 2.75) is 32.5 Å². The number of hydrogen-bond donors (Lipinski definition) is 1. The first-order chi connectivity index (χ1) is 7.75. The molecule has 2 unspecified atom stereocenters. The number of imidazole rings is 1. The molecule has 0 aliphatic carbocycles. The van der Waals surface area contributed by atoms with Crippen molar-refractivity contribution in [3.63, 3.8) is 0 Å². The molecular weight excluding hydrogens is 218 g/mol. The Kier molecular flexibility index (Phi) is 3.74. The van der Waals surface area contributed by atoms with Crippen LogP contribution in [0.4, 0.5) is 0 Å². The van der Waals surface area contributed by atoms with Gasteiger partial charge in [-0.1, -0.05) is 6.07 Å². The molecule has 0 radical (unpaired) electrons. The Hall–Kier alpha value is -1.13. The Morgan fingerprint density at radius 3 is 3.00 bits per heavy atom. The highest BCUT2D eigenvalue weighted by Crippen LogP contribution is 2.18. The van der Waals surface area contributed by atoms with Crippen molar-refractivity contribution in [1.82, 2.24) is 14.9 Å². The third-order valence-electron chi connectivity index (χ3n) is 2.55. The quantitative estimate of drug-likeness (QED) is 0.863. The molecule has 0 amide bonds. The standard InChI is InChI=1S/C12H17N3S/c1-10(8-15-6-5-13-9-15)14-11(2)12-4-3-7-16-12/h3-7,9-11,14H,8H2,1-2H3. The molecule has 0 aliphatic rings. The minimum absolute atomic E-state index is 0.415. The number of hydrogen-bond acceptors (Lipinski definition) is 3. The summed E-state index contributed by atoms with van der Waals surface area (Å²) in [6.45, 7) is 5.36. The van der Waals surface area contributed by atoms with E-state index in [9.17, 15) is 0 Å². The van der Waals surface area contributed by atoms with Crippen molar-refractivity contribution in [1.29, 1.82) is 0 Å². The van der Waals surface area contributed by atoms with Gasteiger partial charge in [0.25, 0.3) is 0 Å². The molecule has 0 spiro atoms. The summed E-state index contributed by atoms with van der Waals surface area (Å²) in [5, 5.41) is 5.70. The van der Waals surface area contributed by atoms with Crippen molar-refractivity contribution in [3.8, 4) is 0 Å². The largest absolute Gasteiger partial charge is 0.336 e. The molecule has 2 aromatic rings. The van der Waals surface area contributed by atoms with Crippen LogP contribution in [0.2, 0.25) is 0 Å². The molecular formula is C12H17N3S. The van der Waals surface area contributed by atoms with E-state index in [-0.39, 0.29) is 0 Å². The molecule has 0 fully saturated rings. The summed E-state index contributed by atoms with van der Waals surface area (Å²) in [6.07, 6.45) is 5.66. The van der Waals surface area contributed by atoms with Crippen LogP contribution < -0.4 is 5.32 Å². The van der Waals surface area contributed by atoms with Gasteiger partial charge >= 0.3 is 0 Å². The summed E-state index contributed by atoms with van der Waals surface area (Å²) in [7, 11) is 0. The van der Waals surface area contributed by atoms with Crippen LogP contribution in [0.1, 0.15) is 24.8 Å². The molecule has 0 saturated carbocycles. The van der Waals surface area contributed by atoms with E-state index >= 15 is 0 Å². The molecule has 2 rings (SSSR count). The summed E-state index contributed by atoms with van der Waals surface area (Å²) in [6, 6.07) is 5.12. The predicted octanol–water partition coefficient (Wildman–Crippen LogP) is 2.68. The molecule has 2 aromatic heterocycles. The zero-order chi connectivity index (χ0) is 11.4. The minimum atomic E-state index is 0.415. The van der Waals surface area contributed by atoms with Crippen molar-refractivity contribution < 1.29 is 0 Å². The first kappa shape index (κ1) is 11.4. The Morgan fingerprint density at radius 2 is 2.38 bits per heavy atom. The summed E-state index contributed by atoms with van der Waals surface area (Å²) in [4.78, 5) is 5.43. The molecule has 0 saturated heterocycles. The molecule has 0 aromatic carbocycles. The molecule has 1 N–H and O–H groups in total. The molecule has 3 nitrogen and oxygen atoms in total. The van der Waals surface area contributed by atoms with E-state index in [0.717, 1.165) is 6.54 Å². The summed E-state index contributed by atoms with van der Waals surface area (Å²) < 4.78 is 2.10. The molecule has 2 heterocycles. The van der Waals surface area contributed by atoms with E-state index in [2.05, 4.69) is 46.2 Å². The van der Waals surface area contributed by atoms with Gasteiger partial charge in [0.05, 0.1) is 6.33 Å². The lowest BCUT2D eigenvalue weighted by Crippen LogP contribution is -2.32. The first-order valence-electron chi connectivity index (χ1n) is 5.51. The SMILES string of the molecule is CC(Cn1ccnc1)NC(C)c1cccs1. The van der Waals surface area contributed by atoms with Crippen molar-refractivity contribution in [2.75, 3.05) is 0 Å². The fraction of sp³-hybridized carbons (Fsp3) is 0.417. The summed E-state index contributed by atoms with van der Waals surface area (Å²) in [5.41, 5.74) is 0. The van der Waals surface area contributed by atoms with Crippen LogP contribution in [0.15, 0.2) is 36.2 Å². The number of aromatic nitrogens is 2. The second kappa shape index (κ2) is 5.27. The maximum absolute atomic E-state index is 4.04. The van der Waals surface area contributed by atoms with Gasteiger partial charge in [-0.05, 0) is 25.3 Å². The average molecular weight is 235 g/mol. The second-order valence-electron chi connectivity index (χ2n) is 4.06. The topological polar surface area (TPSA) is 29.9 Å². The fourth-order valence-corrected chi connectivity index (χ4v) is 2.55. The zero-order valence-corrected chi connectivity index (χ0v) is 10.4. The second-order valence-corrected chi connectivity index (χ2v) is 5.04. The van der Waals surface area contributed by atoms with E-state index < -0.39 is 0 Å². The fourth-order valence-electron chi connectivity index (χ4n) is 1.81. The molecule has 4 heteroatoms. The minimum Gasteiger partial charge on any atom is -0.336 e. The van der Waals surface area contributed by atoms with Gasteiger partial charge < -0.3 is 9.88 Å². The summed E-state index contributed by atoms with van der Waals surface area (Å²) in [5.74, 6) is 0. The third-order valence-corrected chi connectivity index (χ3v) is 3.60. The lowest BCUT2D eigenvalue weighted by atomic mass is 10.2. The maximum Gasteiger partial charge on any atom is 0.0946 e. The molecule has 2 atom stereocenters. The van der Waals surface area contributed by atoms with Gasteiger partial charge in [0.1, 0.15) is 0 Å². The number of nitrogens with one attached hydrogen (secondary N) is 1. The van der Waals surface area contributed by atoms with Gasteiger partial charge in [-0.15, -0.1) is 11.3 Å². The van der Waals surface area contributed by atoms with E-state index in [1.54, 1.807) is 11.3 Å². The Morgan fingerprint density at radius 1 is 1.50 bits per heavy atom. The van der Waals surface area contributed by atoms with E-state index in [1.807, 2.05) is 18.7 Å². The highest BCUT2D eigenvalue weighted by atomic mass is 32.1. The molecule has 16 heavy (non-hydrogen) atoms. The van der Waals surface area contributed by atoms with Crippen LogP contribution in [0.3, 0.4) is 0 Å². The van der Waals surface area contributed by atoms with Crippen molar-refractivity contribution >= 4 is 11.3 Å². The van der Waals surface area contributed by atoms with Crippen LogP contribution >= 0.6 is 11.3 Å². The third kappa shape index (κ3) is 2.93.